The number of hydrogen-bond donors (Lipinski definition) is 1. The maximum absolute atomic E-state index is 14.2. The first-order chi connectivity index (χ1) is 8.99. The van der Waals surface area contributed by atoms with E-state index in [-0.39, 0.29) is 5.56 Å². The molecule has 0 saturated heterocycles. The third kappa shape index (κ3) is 2.25. The lowest BCUT2D eigenvalue weighted by molar-refractivity contribution is 0.351. The van der Waals surface area contributed by atoms with Gasteiger partial charge in [-0.2, -0.15) is 5.10 Å². The highest BCUT2D eigenvalue weighted by atomic mass is 79.9. The molecule has 2 N–H and O–H groups in total. The van der Waals surface area contributed by atoms with Gasteiger partial charge in [0.1, 0.15) is 11.6 Å². The van der Waals surface area contributed by atoms with Gasteiger partial charge in [-0.15, -0.1) is 0 Å². The summed E-state index contributed by atoms with van der Waals surface area (Å²) in [5, 5.41) is 4.16. The third-order valence-corrected chi connectivity index (χ3v) is 3.49. The third-order valence-electron chi connectivity index (χ3n) is 2.74. The quantitative estimate of drug-likeness (QED) is 0.940. The van der Waals surface area contributed by atoms with Crippen LogP contribution in [-0.4, -0.2) is 24.0 Å². The van der Waals surface area contributed by atoms with Crippen LogP contribution in [0.15, 0.2) is 16.6 Å². The van der Waals surface area contributed by atoms with E-state index >= 15 is 0 Å². The molecule has 0 saturated carbocycles. The monoisotopic (exact) mass is 329 g/mol. The molecule has 0 spiro atoms. The Morgan fingerprint density at radius 1 is 1.32 bits per heavy atom. The fourth-order valence-corrected chi connectivity index (χ4v) is 2.51. The first kappa shape index (κ1) is 13.7. The van der Waals surface area contributed by atoms with Crippen molar-refractivity contribution in [2.24, 2.45) is 7.05 Å². The molecule has 0 radical (unpaired) electrons. The van der Waals surface area contributed by atoms with Crippen LogP contribution in [0.25, 0.3) is 11.3 Å². The molecule has 1 aromatic heterocycles. The zero-order valence-corrected chi connectivity index (χ0v) is 12.3. The second-order valence-electron chi connectivity index (χ2n) is 3.86. The average Bonchev–Trinajstić information content (AvgIpc) is 2.68. The van der Waals surface area contributed by atoms with Gasteiger partial charge in [-0.1, -0.05) is 0 Å². The smallest absolute Gasteiger partial charge is 0.175 e. The van der Waals surface area contributed by atoms with E-state index in [4.69, 9.17) is 15.2 Å². The lowest BCUT2D eigenvalue weighted by atomic mass is 10.1. The van der Waals surface area contributed by atoms with Gasteiger partial charge in [0.2, 0.25) is 0 Å². The van der Waals surface area contributed by atoms with Gasteiger partial charge in [-0.05, 0) is 15.9 Å². The van der Waals surface area contributed by atoms with E-state index in [9.17, 15) is 4.39 Å². The van der Waals surface area contributed by atoms with Gasteiger partial charge in [-0.25, -0.2) is 4.39 Å². The van der Waals surface area contributed by atoms with Gasteiger partial charge < -0.3 is 15.2 Å². The lowest BCUT2D eigenvalue weighted by Gasteiger charge is -2.13. The number of methoxy groups -OCH3 is 2. The van der Waals surface area contributed by atoms with E-state index in [0.29, 0.717) is 27.5 Å². The van der Waals surface area contributed by atoms with Crippen LogP contribution >= 0.6 is 15.9 Å². The van der Waals surface area contributed by atoms with E-state index in [1.807, 2.05) is 0 Å². The maximum atomic E-state index is 14.2. The number of halogens is 2. The molecule has 0 aliphatic rings. The Morgan fingerprint density at radius 2 is 2.00 bits per heavy atom. The number of aromatic nitrogens is 2. The molecule has 102 valence electrons. The Balaban J connectivity index is 2.70. The molecule has 19 heavy (non-hydrogen) atoms. The molecule has 0 aliphatic heterocycles. The van der Waals surface area contributed by atoms with E-state index in [2.05, 4.69) is 21.0 Å². The summed E-state index contributed by atoms with van der Waals surface area (Å²) in [6.07, 6.45) is 0. The predicted octanol–water partition coefficient (Wildman–Crippen LogP) is 2.59. The van der Waals surface area contributed by atoms with E-state index in [1.54, 1.807) is 13.1 Å². The molecule has 0 atom stereocenters. The number of aryl methyl sites for hydroxylation is 1. The van der Waals surface area contributed by atoms with E-state index in [1.165, 1.54) is 25.0 Å². The van der Waals surface area contributed by atoms with Crippen LogP contribution in [0.1, 0.15) is 0 Å². The van der Waals surface area contributed by atoms with Crippen molar-refractivity contribution in [3.8, 4) is 22.8 Å². The van der Waals surface area contributed by atoms with Crippen LogP contribution < -0.4 is 15.2 Å². The van der Waals surface area contributed by atoms with Crippen molar-refractivity contribution in [1.82, 2.24) is 9.78 Å². The Bertz CT molecular complexity index is 608. The summed E-state index contributed by atoms with van der Waals surface area (Å²) in [7, 11) is 4.62. The van der Waals surface area contributed by atoms with Gasteiger partial charge in [0.05, 0.1) is 29.9 Å². The van der Waals surface area contributed by atoms with Crippen molar-refractivity contribution in [3.05, 3.63) is 22.4 Å². The summed E-state index contributed by atoms with van der Waals surface area (Å²) in [5.41, 5.74) is 6.42. The first-order valence-corrected chi connectivity index (χ1v) is 6.18. The molecule has 0 bridgehead atoms. The molecule has 5 nitrogen and oxygen atoms in total. The predicted molar refractivity (Wildman–Crippen MR) is 73.8 cm³/mol. The first-order valence-electron chi connectivity index (χ1n) is 5.39. The van der Waals surface area contributed by atoms with E-state index < -0.39 is 5.82 Å². The molecule has 0 amide bonds. The van der Waals surface area contributed by atoms with Crippen LogP contribution in [0.2, 0.25) is 0 Å². The topological polar surface area (TPSA) is 62.3 Å². The van der Waals surface area contributed by atoms with Crippen molar-refractivity contribution < 1.29 is 13.9 Å². The molecule has 0 aliphatic carbocycles. The highest BCUT2D eigenvalue weighted by molar-refractivity contribution is 9.10. The lowest BCUT2D eigenvalue weighted by Crippen LogP contribution is -1.98. The Kier molecular flexibility index (Phi) is 3.66. The summed E-state index contributed by atoms with van der Waals surface area (Å²) >= 11 is 3.32. The van der Waals surface area contributed by atoms with Gasteiger partial charge in [0.15, 0.2) is 11.5 Å². The molecule has 2 aromatic rings. The number of anilines is 1. The molecular formula is C12H13BrFN3O2. The Morgan fingerprint density at radius 3 is 2.47 bits per heavy atom. The second kappa shape index (κ2) is 5.08. The Hall–Kier alpha value is -1.76. The van der Waals surface area contributed by atoms with Crippen LogP contribution in [0, 0.1) is 5.82 Å². The normalized spacial score (nSPS) is 10.6. The van der Waals surface area contributed by atoms with Gasteiger partial charge in [0, 0.05) is 19.2 Å². The van der Waals surface area contributed by atoms with Crippen molar-refractivity contribution in [2.75, 3.05) is 20.0 Å². The van der Waals surface area contributed by atoms with Crippen LogP contribution in [0.5, 0.6) is 11.5 Å². The summed E-state index contributed by atoms with van der Waals surface area (Å²) < 4.78 is 26.4. The molecule has 0 unspecified atom stereocenters. The molecular weight excluding hydrogens is 317 g/mol. The number of ether oxygens (including phenoxy) is 2. The largest absolute Gasteiger partial charge is 0.493 e. The fraction of sp³-hybridized carbons (Fsp3) is 0.250. The van der Waals surface area contributed by atoms with Crippen molar-refractivity contribution >= 4 is 21.7 Å². The Labute approximate surface area is 118 Å². The SMILES string of the molecule is COc1cc(F)c(-c2cc(N)n(C)n2)c(Br)c1OC. The summed E-state index contributed by atoms with van der Waals surface area (Å²) in [5.74, 6) is 0.682. The molecule has 1 aromatic carbocycles. The van der Waals surface area contributed by atoms with Crippen molar-refractivity contribution in [3.63, 3.8) is 0 Å². The number of nitrogen functional groups attached to an aromatic ring is 1. The highest BCUT2D eigenvalue weighted by Crippen LogP contribution is 2.43. The van der Waals surface area contributed by atoms with Crippen LogP contribution in [-0.2, 0) is 7.05 Å². The van der Waals surface area contributed by atoms with Crippen LogP contribution in [0.4, 0.5) is 10.2 Å². The minimum atomic E-state index is -0.470. The van der Waals surface area contributed by atoms with Crippen LogP contribution in [0.3, 0.4) is 0 Å². The fourth-order valence-electron chi connectivity index (χ4n) is 1.76. The zero-order chi connectivity index (χ0) is 14.2. The maximum Gasteiger partial charge on any atom is 0.175 e. The number of nitrogens with zero attached hydrogens (tertiary/aromatic N) is 2. The summed E-state index contributed by atoms with van der Waals surface area (Å²) in [6.45, 7) is 0. The average molecular weight is 330 g/mol. The van der Waals surface area contributed by atoms with E-state index in [0.717, 1.165) is 0 Å². The van der Waals surface area contributed by atoms with Gasteiger partial charge in [-0.3, -0.25) is 4.68 Å². The number of benzene rings is 1. The molecule has 2 rings (SSSR count). The number of nitrogens with two attached hydrogens (primary N) is 1. The van der Waals surface area contributed by atoms with Gasteiger partial charge in [0.25, 0.3) is 0 Å². The number of hydrogen-bond acceptors (Lipinski definition) is 4. The van der Waals surface area contributed by atoms with Crippen molar-refractivity contribution in [2.45, 2.75) is 0 Å². The standard InChI is InChI=1S/C12H13BrFN3O2/c1-17-9(15)5-7(16-17)10-6(14)4-8(18-2)12(19-3)11(10)13/h4-5H,15H2,1-3H3. The zero-order valence-electron chi connectivity index (χ0n) is 10.7. The minimum absolute atomic E-state index is 0.282. The molecule has 1 heterocycles. The second-order valence-corrected chi connectivity index (χ2v) is 4.65. The molecule has 7 heteroatoms. The summed E-state index contributed by atoms with van der Waals surface area (Å²) in [4.78, 5) is 0. The van der Waals surface area contributed by atoms with Crippen molar-refractivity contribution in [1.29, 1.82) is 0 Å². The minimum Gasteiger partial charge on any atom is -0.493 e. The summed E-state index contributed by atoms with van der Waals surface area (Å²) in [6, 6.07) is 2.85. The highest BCUT2D eigenvalue weighted by Gasteiger charge is 2.21. The molecule has 0 fully saturated rings. The van der Waals surface area contributed by atoms with Gasteiger partial charge >= 0.3 is 0 Å². The number of rotatable bonds is 3.